The molecule has 2 aliphatic carbocycles. The van der Waals surface area contributed by atoms with Gasteiger partial charge in [0.2, 0.25) is 5.91 Å². The highest BCUT2D eigenvalue weighted by Gasteiger charge is 2.55. The fourth-order valence-corrected chi connectivity index (χ4v) is 3.57. The average molecular weight is 240 g/mol. The number of ether oxygens (including phenoxy) is 1. The molecular weight excluding hydrogens is 216 g/mol. The lowest BCUT2D eigenvalue weighted by molar-refractivity contribution is -0.151. The molecule has 2 aliphatic rings. The van der Waals surface area contributed by atoms with Gasteiger partial charge in [-0.2, -0.15) is 0 Å². The highest BCUT2D eigenvalue weighted by atomic mass is 16.5. The summed E-state index contributed by atoms with van der Waals surface area (Å²) >= 11 is 0. The molecule has 2 fully saturated rings. The van der Waals surface area contributed by atoms with E-state index < -0.39 is 0 Å². The molecule has 1 spiro atoms. The van der Waals surface area contributed by atoms with Crippen LogP contribution in [-0.4, -0.2) is 31.2 Å². The zero-order valence-electron chi connectivity index (χ0n) is 10.7. The molecule has 17 heavy (non-hydrogen) atoms. The van der Waals surface area contributed by atoms with Crippen LogP contribution < -0.4 is 11.1 Å². The second-order valence-electron chi connectivity index (χ2n) is 5.37. The fraction of sp³-hybridized carbons (Fsp3) is 0.923. The summed E-state index contributed by atoms with van der Waals surface area (Å²) in [6.45, 7) is 3.14. The zero-order valence-corrected chi connectivity index (χ0v) is 10.7. The lowest BCUT2D eigenvalue weighted by Crippen LogP contribution is -2.65. The largest absolute Gasteiger partial charge is 0.378 e. The molecule has 98 valence electrons. The standard InChI is InChI=1S/C13H24N2O2/c1-2-17-11-8-10(15-9-12(14)16)13(11)6-4-3-5-7-13/h10-11,15H,2-9H2,1H3,(H2,14,16). The van der Waals surface area contributed by atoms with Gasteiger partial charge in [0.05, 0.1) is 12.6 Å². The van der Waals surface area contributed by atoms with E-state index in [9.17, 15) is 4.79 Å². The third-order valence-electron chi connectivity index (χ3n) is 4.46. The van der Waals surface area contributed by atoms with Gasteiger partial charge in [0.15, 0.2) is 0 Å². The summed E-state index contributed by atoms with van der Waals surface area (Å²) in [7, 11) is 0. The minimum Gasteiger partial charge on any atom is -0.378 e. The second-order valence-corrected chi connectivity index (χ2v) is 5.37. The minimum absolute atomic E-state index is 0.268. The number of primary amides is 1. The van der Waals surface area contributed by atoms with Crippen molar-refractivity contribution in [3.05, 3.63) is 0 Å². The predicted octanol–water partition coefficient (Wildman–Crippen LogP) is 1.19. The van der Waals surface area contributed by atoms with Crippen molar-refractivity contribution < 1.29 is 9.53 Å². The lowest BCUT2D eigenvalue weighted by atomic mass is 9.55. The molecule has 0 bridgehead atoms. The van der Waals surface area contributed by atoms with Crippen LogP contribution in [0.3, 0.4) is 0 Å². The molecule has 3 N–H and O–H groups in total. The van der Waals surface area contributed by atoms with Crippen molar-refractivity contribution in [3.8, 4) is 0 Å². The van der Waals surface area contributed by atoms with E-state index >= 15 is 0 Å². The molecule has 0 aromatic carbocycles. The first-order valence-electron chi connectivity index (χ1n) is 6.82. The van der Waals surface area contributed by atoms with Crippen molar-refractivity contribution in [3.63, 3.8) is 0 Å². The van der Waals surface area contributed by atoms with Crippen LogP contribution in [0.2, 0.25) is 0 Å². The maximum Gasteiger partial charge on any atom is 0.231 e. The molecule has 2 atom stereocenters. The minimum atomic E-state index is -0.268. The average Bonchev–Trinajstić information content (AvgIpc) is 2.33. The number of carbonyl (C=O) groups is 1. The fourth-order valence-electron chi connectivity index (χ4n) is 3.57. The van der Waals surface area contributed by atoms with E-state index in [2.05, 4.69) is 12.2 Å². The molecule has 0 saturated heterocycles. The normalized spacial score (nSPS) is 31.1. The molecule has 1 amide bonds. The van der Waals surface area contributed by atoms with Crippen molar-refractivity contribution in [2.45, 2.75) is 57.6 Å². The third-order valence-corrected chi connectivity index (χ3v) is 4.46. The van der Waals surface area contributed by atoms with Gasteiger partial charge in [0.25, 0.3) is 0 Å². The first kappa shape index (κ1) is 12.8. The first-order chi connectivity index (χ1) is 8.19. The van der Waals surface area contributed by atoms with Gasteiger partial charge < -0.3 is 15.8 Å². The SMILES string of the molecule is CCOC1CC(NCC(N)=O)C12CCCCC2. The summed E-state index contributed by atoms with van der Waals surface area (Å²) in [5.74, 6) is -0.268. The van der Waals surface area contributed by atoms with Gasteiger partial charge in [-0.3, -0.25) is 4.79 Å². The van der Waals surface area contributed by atoms with Crippen molar-refractivity contribution in [1.29, 1.82) is 0 Å². The van der Waals surface area contributed by atoms with Crippen LogP contribution in [0.4, 0.5) is 0 Å². The Bertz CT molecular complexity index is 275. The number of hydrogen-bond acceptors (Lipinski definition) is 3. The highest BCUT2D eigenvalue weighted by molar-refractivity contribution is 5.75. The van der Waals surface area contributed by atoms with Crippen LogP contribution in [-0.2, 0) is 9.53 Å². The number of nitrogens with one attached hydrogen (secondary N) is 1. The van der Waals surface area contributed by atoms with Gasteiger partial charge in [-0.25, -0.2) is 0 Å². The molecule has 0 aromatic heterocycles. The number of nitrogens with two attached hydrogens (primary N) is 1. The monoisotopic (exact) mass is 240 g/mol. The van der Waals surface area contributed by atoms with Gasteiger partial charge >= 0.3 is 0 Å². The van der Waals surface area contributed by atoms with Gasteiger partial charge in [-0.05, 0) is 26.2 Å². The van der Waals surface area contributed by atoms with E-state index in [1.165, 1.54) is 32.1 Å². The Hall–Kier alpha value is -0.610. The Labute approximate surface area is 103 Å². The molecule has 2 unspecified atom stereocenters. The summed E-state index contributed by atoms with van der Waals surface area (Å²) in [4.78, 5) is 10.9. The van der Waals surface area contributed by atoms with Crippen molar-refractivity contribution >= 4 is 5.91 Å². The number of rotatable bonds is 5. The lowest BCUT2D eigenvalue weighted by Gasteiger charge is -2.57. The molecule has 0 heterocycles. The van der Waals surface area contributed by atoms with Gasteiger partial charge in [-0.1, -0.05) is 19.3 Å². The Balaban J connectivity index is 1.95. The summed E-state index contributed by atoms with van der Waals surface area (Å²) in [5, 5.41) is 3.31. The number of amides is 1. The first-order valence-corrected chi connectivity index (χ1v) is 6.82. The molecule has 2 saturated carbocycles. The molecule has 4 nitrogen and oxygen atoms in total. The number of hydrogen-bond donors (Lipinski definition) is 2. The molecule has 4 heteroatoms. The van der Waals surface area contributed by atoms with Gasteiger partial charge in [-0.15, -0.1) is 0 Å². The Morgan fingerprint density at radius 2 is 2.12 bits per heavy atom. The smallest absolute Gasteiger partial charge is 0.231 e. The zero-order chi connectivity index (χ0) is 12.3. The maximum atomic E-state index is 10.9. The van der Waals surface area contributed by atoms with Crippen LogP contribution >= 0.6 is 0 Å². The molecule has 0 aromatic rings. The van der Waals surface area contributed by atoms with Crippen molar-refractivity contribution in [2.24, 2.45) is 11.1 Å². The van der Waals surface area contributed by atoms with E-state index in [4.69, 9.17) is 10.5 Å². The van der Waals surface area contributed by atoms with E-state index in [1.54, 1.807) is 0 Å². The van der Waals surface area contributed by atoms with Crippen LogP contribution in [0.15, 0.2) is 0 Å². The van der Waals surface area contributed by atoms with E-state index in [0.717, 1.165) is 13.0 Å². The van der Waals surface area contributed by atoms with Crippen LogP contribution in [0.5, 0.6) is 0 Å². The van der Waals surface area contributed by atoms with Crippen LogP contribution in [0.1, 0.15) is 45.4 Å². The Morgan fingerprint density at radius 1 is 1.41 bits per heavy atom. The van der Waals surface area contributed by atoms with Gasteiger partial charge in [0, 0.05) is 18.1 Å². The Kier molecular flexibility index (Phi) is 4.05. The summed E-state index contributed by atoms with van der Waals surface area (Å²) in [6.07, 6.45) is 7.79. The van der Waals surface area contributed by atoms with Crippen LogP contribution in [0.25, 0.3) is 0 Å². The van der Waals surface area contributed by atoms with Crippen molar-refractivity contribution in [2.75, 3.05) is 13.2 Å². The quantitative estimate of drug-likeness (QED) is 0.758. The van der Waals surface area contributed by atoms with Crippen molar-refractivity contribution in [1.82, 2.24) is 5.32 Å². The second kappa shape index (κ2) is 5.36. The highest BCUT2D eigenvalue weighted by Crippen LogP contribution is 2.53. The Morgan fingerprint density at radius 3 is 2.71 bits per heavy atom. The molecule has 2 rings (SSSR count). The summed E-state index contributed by atoms with van der Waals surface area (Å²) in [6, 6.07) is 0.423. The topological polar surface area (TPSA) is 64.3 Å². The summed E-state index contributed by atoms with van der Waals surface area (Å²) in [5.41, 5.74) is 5.48. The summed E-state index contributed by atoms with van der Waals surface area (Å²) < 4.78 is 5.85. The predicted molar refractivity (Wildman–Crippen MR) is 66.5 cm³/mol. The number of carbonyl (C=O) groups excluding carboxylic acids is 1. The van der Waals surface area contributed by atoms with Crippen LogP contribution in [0, 0.1) is 5.41 Å². The molecule has 0 aliphatic heterocycles. The third kappa shape index (κ3) is 2.47. The van der Waals surface area contributed by atoms with Gasteiger partial charge in [0.1, 0.15) is 0 Å². The van der Waals surface area contributed by atoms with E-state index in [1.807, 2.05) is 0 Å². The molecular formula is C13H24N2O2. The molecule has 0 radical (unpaired) electrons. The maximum absolute atomic E-state index is 10.9. The van der Waals surface area contributed by atoms with E-state index in [0.29, 0.717) is 18.7 Å². The van der Waals surface area contributed by atoms with E-state index in [-0.39, 0.29) is 11.3 Å².